The van der Waals surface area contributed by atoms with Crippen LogP contribution in [0, 0.1) is 0 Å². The average Bonchev–Trinajstić information content (AvgIpc) is 2.85. The SMILES string of the molecule is CCCCCCc1ccc(-c2ccccc2)o1. The van der Waals surface area contributed by atoms with Crippen LogP contribution in [-0.4, -0.2) is 0 Å². The van der Waals surface area contributed by atoms with E-state index in [2.05, 4.69) is 31.2 Å². The maximum absolute atomic E-state index is 5.85. The average molecular weight is 228 g/mol. The number of rotatable bonds is 6. The zero-order valence-corrected chi connectivity index (χ0v) is 10.5. The van der Waals surface area contributed by atoms with Crippen LogP contribution in [0.5, 0.6) is 0 Å². The van der Waals surface area contributed by atoms with Crippen LogP contribution in [0.15, 0.2) is 46.9 Å². The van der Waals surface area contributed by atoms with Crippen LogP contribution in [0.3, 0.4) is 0 Å². The molecule has 1 aromatic carbocycles. The van der Waals surface area contributed by atoms with Gasteiger partial charge in [0.1, 0.15) is 11.5 Å². The highest BCUT2D eigenvalue weighted by molar-refractivity contribution is 5.57. The predicted octanol–water partition coefficient (Wildman–Crippen LogP) is 5.07. The van der Waals surface area contributed by atoms with Crippen LogP contribution < -0.4 is 0 Å². The Morgan fingerprint density at radius 1 is 0.882 bits per heavy atom. The van der Waals surface area contributed by atoms with Gasteiger partial charge >= 0.3 is 0 Å². The summed E-state index contributed by atoms with van der Waals surface area (Å²) in [6.45, 7) is 2.24. The van der Waals surface area contributed by atoms with Gasteiger partial charge in [-0.15, -0.1) is 0 Å². The highest BCUT2D eigenvalue weighted by atomic mass is 16.3. The minimum Gasteiger partial charge on any atom is -0.461 e. The standard InChI is InChI=1S/C16H20O/c1-2-3-4-8-11-15-12-13-16(17-15)14-9-6-5-7-10-14/h5-7,9-10,12-13H,2-4,8,11H2,1H3. The lowest BCUT2D eigenvalue weighted by atomic mass is 10.1. The summed E-state index contributed by atoms with van der Waals surface area (Å²) in [7, 11) is 0. The molecule has 0 amide bonds. The summed E-state index contributed by atoms with van der Waals surface area (Å²) < 4.78 is 5.85. The van der Waals surface area contributed by atoms with E-state index in [1.807, 2.05) is 18.2 Å². The fourth-order valence-corrected chi connectivity index (χ4v) is 2.00. The van der Waals surface area contributed by atoms with Crippen molar-refractivity contribution < 1.29 is 4.42 Å². The molecule has 0 N–H and O–H groups in total. The number of hydrogen-bond acceptors (Lipinski definition) is 1. The third kappa shape index (κ3) is 3.48. The Labute approximate surface area is 103 Å². The Kier molecular flexibility index (Phi) is 4.43. The Morgan fingerprint density at radius 2 is 1.71 bits per heavy atom. The number of aryl methyl sites for hydroxylation is 1. The van der Waals surface area contributed by atoms with E-state index < -0.39 is 0 Å². The molecule has 0 spiro atoms. The van der Waals surface area contributed by atoms with Crippen LogP contribution >= 0.6 is 0 Å². The molecular formula is C16H20O. The largest absolute Gasteiger partial charge is 0.461 e. The van der Waals surface area contributed by atoms with Crippen molar-refractivity contribution in [2.24, 2.45) is 0 Å². The lowest BCUT2D eigenvalue weighted by Crippen LogP contribution is -1.82. The Bertz CT molecular complexity index is 428. The molecule has 0 saturated carbocycles. The van der Waals surface area contributed by atoms with Crippen molar-refractivity contribution in [1.82, 2.24) is 0 Å². The fraction of sp³-hybridized carbons (Fsp3) is 0.375. The van der Waals surface area contributed by atoms with Gasteiger partial charge < -0.3 is 4.42 Å². The molecule has 2 rings (SSSR count). The molecule has 1 nitrogen and oxygen atoms in total. The third-order valence-corrected chi connectivity index (χ3v) is 3.00. The molecular weight excluding hydrogens is 208 g/mol. The van der Waals surface area contributed by atoms with E-state index in [-0.39, 0.29) is 0 Å². The summed E-state index contributed by atoms with van der Waals surface area (Å²) in [4.78, 5) is 0. The van der Waals surface area contributed by atoms with Gasteiger partial charge in [-0.2, -0.15) is 0 Å². The maximum Gasteiger partial charge on any atom is 0.134 e. The minimum absolute atomic E-state index is 0.982. The fourth-order valence-electron chi connectivity index (χ4n) is 2.00. The zero-order chi connectivity index (χ0) is 11.9. The second-order valence-corrected chi connectivity index (χ2v) is 4.44. The first kappa shape index (κ1) is 12.0. The van der Waals surface area contributed by atoms with Crippen LogP contribution in [0.2, 0.25) is 0 Å². The molecule has 0 aliphatic heterocycles. The van der Waals surface area contributed by atoms with Gasteiger partial charge in [-0.1, -0.05) is 56.5 Å². The van der Waals surface area contributed by atoms with Gasteiger partial charge in [0.05, 0.1) is 0 Å². The maximum atomic E-state index is 5.85. The van der Waals surface area contributed by atoms with Gasteiger partial charge in [-0.3, -0.25) is 0 Å². The number of hydrogen-bond donors (Lipinski definition) is 0. The number of furan rings is 1. The Balaban J connectivity index is 1.92. The van der Waals surface area contributed by atoms with Crippen molar-refractivity contribution in [3.63, 3.8) is 0 Å². The van der Waals surface area contributed by atoms with E-state index in [4.69, 9.17) is 4.42 Å². The number of unbranched alkanes of at least 4 members (excludes halogenated alkanes) is 3. The van der Waals surface area contributed by atoms with Crippen molar-refractivity contribution in [3.8, 4) is 11.3 Å². The van der Waals surface area contributed by atoms with E-state index in [1.165, 1.54) is 25.7 Å². The van der Waals surface area contributed by atoms with E-state index in [0.717, 1.165) is 23.5 Å². The summed E-state index contributed by atoms with van der Waals surface area (Å²) in [5, 5.41) is 0. The van der Waals surface area contributed by atoms with Crippen LogP contribution in [0.1, 0.15) is 38.4 Å². The second kappa shape index (κ2) is 6.29. The van der Waals surface area contributed by atoms with E-state index >= 15 is 0 Å². The number of benzene rings is 1. The van der Waals surface area contributed by atoms with Crippen LogP contribution in [0.25, 0.3) is 11.3 Å². The van der Waals surface area contributed by atoms with Gasteiger partial charge in [0.25, 0.3) is 0 Å². The van der Waals surface area contributed by atoms with E-state index in [9.17, 15) is 0 Å². The van der Waals surface area contributed by atoms with Gasteiger partial charge in [-0.25, -0.2) is 0 Å². The summed E-state index contributed by atoms with van der Waals surface area (Å²) in [5.74, 6) is 2.09. The molecule has 0 aliphatic carbocycles. The molecule has 1 aromatic heterocycles. The van der Waals surface area contributed by atoms with Crippen molar-refractivity contribution in [1.29, 1.82) is 0 Å². The van der Waals surface area contributed by atoms with E-state index in [0.29, 0.717) is 0 Å². The first-order chi connectivity index (χ1) is 8.40. The Morgan fingerprint density at radius 3 is 2.47 bits per heavy atom. The molecule has 17 heavy (non-hydrogen) atoms. The molecule has 90 valence electrons. The van der Waals surface area contributed by atoms with Gasteiger partial charge in [0, 0.05) is 12.0 Å². The zero-order valence-electron chi connectivity index (χ0n) is 10.5. The first-order valence-corrected chi connectivity index (χ1v) is 6.54. The minimum atomic E-state index is 0.982. The van der Waals surface area contributed by atoms with Crippen molar-refractivity contribution in [2.45, 2.75) is 39.0 Å². The van der Waals surface area contributed by atoms with Gasteiger partial charge in [0.15, 0.2) is 0 Å². The normalized spacial score (nSPS) is 10.6. The molecule has 0 radical (unpaired) electrons. The molecule has 0 atom stereocenters. The molecule has 0 aliphatic rings. The quantitative estimate of drug-likeness (QED) is 0.629. The summed E-state index contributed by atoms with van der Waals surface area (Å²) in [5.41, 5.74) is 1.16. The highest BCUT2D eigenvalue weighted by Gasteiger charge is 2.03. The predicted molar refractivity (Wildman–Crippen MR) is 72.0 cm³/mol. The molecule has 2 aromatic rings. The molecule has 1 heteroatoms. The summed E-state index contributed by atoms with van der Waals surface area (Å²) in [6, 6.07) is 14.5. The van der Waals surface area contributed by atoms with Crippen LogP contribution in [-0.2, 0) is 6.42 Å². The molecule has 0 saturated heterocycles. The van der Waals surface area contributed by atoms with Crippen molar-refractivity contribution in [3.05, 3.63) is 48.2 Å². The molecule has 0 fully saturated rings. The topological polar surface area (TPSA) is 13.1 Å². The summed E-state index contributed by atoms with van der Waals surface area (Å²) >= 11 is 0. The first-order valence-electron chi connectivity index (χ1n) is 6.54. The highest BCUT2D eigenvalue weighted by Crippen LogP contribution is 2.22. The second-order valence-electron chi connectivity index (χ2n) is 4.44. The smallest absolute Gasteiger partial charge is 0.134 e. The lowest BCUT2D eigenvalue weighted by molar-refractivity contribution is 0.505. The van der Waals surface area contributed by atoms with Crippen molar-refractivity contribution >= 4 is 0 Å². The van der Waals surface area contributed by atoms with Crippen molar-refractivity contribution in [2.75, 3.05) is 0 Å². The lowest BCUT2D eigenvalue weighted by Gasteiger charge is -1.98. The Hall–Kier alpha value is -1.50. The summed E-state index contributed by atoms with van der Waals surface area (Å²) in [6.07, 6.45) is 6.21. The molecule has 0 unspecified atom stereocenters. The van der Waals surface area contributed by atoms with E-state index in [1.54, 1.807) is 0 Å². The molecule has 0 bridgehead atoms. The monoisotopic (exact) mass is 228 g/mol. The van der Waals surface area contributed by atoms with Gasteiger partial charge in [-0.05, 0) is 18.6 Å². The van der Waals surface area contributed by atoms with Gasteiger partial charge in [0.2, 0.25) is 0 Å². The van der Waals surface area contributed by atoms with Crippen LogP contribution in [0.4, 0.5) is 0 Å². The third-order valence-electron chi connectivity index (χ3n) is 3.00. The molecule has 1 heterocycles.